The van der Waals surface area contributed by atoms with Gasteiger partial charge in [0.25, 0.3) is 0 Å². The van der Waals surface area contributed by atoms with Crippen LogP contribution in [0.25, 0.3) is 0 Å². The van der Waals surface area contributed by atoms with E-state index < -0.39 is 8.24 Å². The van der Waals surface area contributed by atoms with Gasteiger partial charge in [-0.25, -0.2) is 0 Å². The van der Waals surface area contributed by atoms with Gasteiger partial charge in [0.05, 0.1) is 11.8 Å². The van der Waals surface area contributed by atoms with E-state index in [0.29, 0.717) is 11.3 Å². The summed E-state index contributed by atoms with van der Waals surface area (Å²) in [5.41, 5.74) is 0. The van der Waals surface area contributed by atoms with Gasteiger partial charge in [0.1, 0.15) is 0 Å². The number of amides is 1. The number of carbonyl (C=O) groups is 1. The second-order valence-electron chi connectivity index (χ2n) is 5.47. The lowest BCUT2D eigenvalue weighted by atomic mass is 10.2. The first-order valence-electron chi connectivity index (χ1n) is 5.07. The fraction of sp³-hybridized carbons (Fsp3) is 0.900. The third kappa shape index (κ3) is 1.74. The van der Waals surface area contributed by atoms with Gasteiger partial charge in [-0.05, 0) is 11.3 Å². The van der Waals surface area contributed by atoms with E-state index in [9.17, 15) is 4.79 Å². The van der Waals surface area contributed by atoms with Gasteiger partial charge in [-0.3, -0.25) is 4.79 Å². The average Bonchev–Trinajstić information content (AvgIpc) is 1.96. The molecule has 1 aliphatic heterocycles. The number of β-lactam (4-membered cyclic amide) rings is 1. The molecule has 0 unspecified atom stereocenters. The van der Waals surface area contributed by atoms with Crippen molar-refractivity contribution in [3.05, 3.63) is 0 Å². The number of hydrogen-bond donors (Lipinski definition) is 0. The molecule has 1 saturated heterocycles. The van der Waals surface area contributed by atoms with E-state index in [1.165, 1.54) is 0 Å². The quantitative estimate of drug-likeness (QED) is 0.538. The zero-order valence-corrected chi connectivity index (χ0v) is 11.9. The summed E-state index contributed by atoms with van der Waals surface area (Å²) in [5, 5.41) is 0.709. The van der Waals surface area contributed by atoms with Gasteiger partial charge in [-0.2, -0.15) is 0 Å². The smallest absolute Gasteiger partial charge is 0.218 e. The first kappa shape index (κ1) is 12.1. The Morgan fingerprint density at radius 2 is 1.93 bits per heavy atom. The summed E-state index contributed by atoms with van der Waals surface area (Å²) in [6, 6.07) is 0. The molecule has 1 heterocycles. The molecule has 0 saturated carbocycles. The third-order valence-electron chi connectivity index (χ3n) is 3.62. The maximum absolute atomic E-state index is 11.6. The molecule has 1 amide bonds. The van der Waals surface area contributed by atoms with E-state index in [2.05, 4.69) is 44.7 Å². The first-order chi connectivity index (χ1) is 6.21. The van der Waals surface area contributed by atoms with Crippen LogP contribution in [-0.2, 0) is 4.79 Å². The van der Waals surface area contributed by atoms with Gasteiger partial charge < -0.3 is 4.57 Å². The van der Waals surface area contributed by atoms with E-state index in [1.807, 2.05) is 0 Å². The van der Waals surface area contributed by atoms with Crippen molar-refractivity contribution in [2.75, 3.05) is 6.26 Å². The number of nitrogens with zero attached hydrogens (tertiary/aromatic N) is 1. The fourth-order valence-electron chi connectivity index (χ4n) is 1.61. The minimum absolute atomic E-state index is 0.261. The molecule has 1 atom stereocenters. The predicted octanol–water partition coefficient (Wildman–Crippen LogP) is 2.91. The van der Waals surface area contributed by atoms with E-state index >= 15 is 0 Å². The molecule has 0 aromatic heterocycles. The van der Waals surface area contributed by atoms with Gasteiger partial charge in [0.2, 0.25) is 5.91 Å². The second-order valence-corrected chi connectivity index (χ2v) is 11.6. The van der Waals surface area contributed by atoms with E-state index in [-0.39, 0.29) is 5.04 Å². The van der Waals surface area contributed by atoms with Crippen molar-refractivity contribution in [3.63, 3.8) is 0 Å². The lowest BCUT2D eigenvalue weighted by Gasteiger charge is -2.54. The summed E-state index contributed by atoms with van der Waals surface area (Å²) in [6.07, 6.45) is 2.84. The Kier molecular flexibility index (Phi) is 3.08. The highest BCUT2D eigenvalue weighted by Gasteiger charge is 2.51. The minimum atomic E-state index is -1.61. The monoisotopic (exact) mass is 231 g/mol. The van der Waals surface area contributed by atoms with Gasteiger partial charge in [0.15, 0.2) is 8.24 Å². The summed E-state index contributed by atoms with van der Waals surface area (Å²) in [4.78, 5) is 11.6. The van der Waals surface area contributed by atoms with Crippen LogP contribution >= 0.6 is 11.8 Å². The van der Waals surface area contributed by atoms with Crippen molar-refractivity contribution in [3.8, 4) is 0 Å². The molecule has 0 aromatic rings. The minimum Gasteiger partial charge on any atom is -0.357 e. The van der Waals surface area contributed by atoms with Gasteiger partial charge in [-0.1, -0.05) is 33.9 Å². The highest BCUT2D eigenvalue weighted by Crippen LogP contribution is 2.44. The van der Waals surface area contributed by atoms with Crippen molar-refractivity contribution < 1.29 is 4.79 Å². The van der Waals surface area contributed by atoms with Crippen LogP contribution in [0.15, 0.2) is 0 Å². The Morgan fingerprint density at radius 3 is 2.21 bits per heavy atom. The van der Waals surface area contributed by atoms with Crippen LogP contribution < -0.4 is 0 Å². The number of hydrogen-bond acceptors (Lipinski definition) is 2. The normalized spacial score (nSPS) is 23.7. The number of carbonyl (C=O) groups excluding carboxylic acids is 1. The highest BCUT2D eigenvalue weighted by atomic mass is 32.2. The summed E-state index contributed by atoms with van der Waals surface area (Å²) in [5.74, 6) is 0.357. The van der Waals surface area contributed by atoms with Crippen LogP contribution in [-0.4, -0.2) is 30.3 Å². The standard InChI is InChI=1S/C10H21NOSSi/c1-10(2,3)14(5,6)11-8(12)7-9(11)13-4/h9H,7H2,1-6H3/t9-/m1/s1. The summed E-state index contributed by atoms with van der Waals surface area (Å²) < 4.78 is 2.18. The third-order valence-corrected chi connectivity index (χ3v) is 10.2. The summed E-state index contributed by atoms with van der Waals surface area (Å²) in [6.45, 7) is 11.4. The van der Waals surface area contributed by atoms with Crippen LogP contribution in [0.3, 0.4) is 0 Å². The maximum Gasteiger partial charge on any atom is 0.218 e. The van der Waals surface area contributed by atoms with Crippen LogP contribution in [0.1, 0.15) is 27.2 Å². The molecule has 82 valence electrons. The maximum atomic E-state index is 11.6. The Morgan fingerprint density at radius 1 is 1.43 bits per heavy atom. The largest absolute Gasteiger partial charge is 0.357 e. The lowest BCUT2D eigenvalue weighted by Crippen LogP contribution is -2.67. The second kappa shape index (κ2) is 3.56. The Labute approximate surface area is 92.5 Å². The molecule has 0 bridgehead atoms. The van der Waals surface area contributed by atoms with Crippen molar-refractivity contribution in [2.24, 2.45) is 0 Å². The Bertz CT molecular complexity index is 247. The van der Waals surface area contributed by atoms with Crippen LogP contribution in [0.5, 0.6) is 0 Å². The van der Waals surface area contributed by atoms with Crippen LogP contribution in [0.4, 0.5) is 0 Å². The van der Waals surface area contributed by atoms with Crippen molar-refractivity contribution in [1.29, 1.82) is 0 Å². The van der Waals surface area contributed by atoms with E-state index in [0.717, 1.165) is 6.42 Å². The lowest BCUT2D eigenvalue weighted by molar-refractivity contribution is -0.135. The van der Waals surface area contributed by atoms with Crippen LogP contribution in [0, 0.1) is 0 Å². The fourth-order valence-corrected chi connectivity index (χ4v) is 5.60. The molecule has 14 heavy (non-hydrogen) atoms. The topological polar surface area (TPSA) is 20.3 Å². The summed E-state index contributed by atoms with van der Waals surface area (Å²) >= 11 is 1.81. The molecule has 1 rings (SSSR count). The molecule has 0 radical (unpaired) electrons. The first-order valence-corrected chi connectivity index (χ1v) is 9.30. The highest BCUT2D eigenvalue weighted by molar-refractivity contribution is 7.99. The van der Waals surface area contributed by atoms with E-state index in [1.54, 1.807) is 11.8 Å². The van der Waals surface area contributed by atoms with E-state index in [4.69, 9.17) is 0 Å². The number of rotatable bonds is 2. The Balaban J connectivity index is 2.86. The van der Waals surface area contributed by atoms with Crippen molar-refractivity contribution in [2.45, 2.75) is 50.7 Å². The molecule has 1 fully saturated rings. The molecular formula is C10H21NOSSi. The van der Waals surface area contributed by atoms with Crippen molar-refractivity contribution >= 4 is 25.9 Å². The average molecular weight is 231 g/mol. The van der Waals surface area contributed by atoms with Crippen molar-refractivity contribution in [1.82, 2.24) is 4.57 Å². The SMILES string of the molecule is CS[C@@H]1CC(=O)N1[Si](C)(C)C(C)(C)C. The molecule has 0 aromatic carbocycles. The van der Waals surface area contributed by atoms with Gasteiger partial charge >= 0.3 is 0 Å². The number of thioether (sulfide) groups is 1. The summed E-state index contributed by atoms with van der Waals surface area (Å²) in [7, 11) is -1.61. The zero-order valence-electron chi connectivity index (χ0n) is 10.0. The van der Waals surface area contributed by atoms with Crippen LogP contribution in [0.2, 0.25) is 18.1 Å². The predicted molar refractivity (Wildman–Crippen MR) is 66.0 cm³/mol. The Hall–Kier alpha value is 0.0369. The molecule has 0 aliphatic carbocycles. The zero-order chi connectivity index (χ0) is 11.1. The molecule has 1 aliphatic rings. The molecular weight excluding hydrogens is 210 g/mol. The molecule has 0 N–H and O–H groups in total. The van der Waals surface area contributed by atoms with Gasteiger partial charge in [-0.15, -0.1) is 11.8 Å². The molecule has 4 heteroatoms. The van der Waals surface area contributed by atoms with Gasteiger partial charge in [0, 0.05) is 0 Å². The molecule has 0 spiro atoms. The molecule has 2 nitrogen and oxygen atoms in total.